The molecular formula is C19H36N4O3. The molecule has 2 aliphatic heterocycles. The first-order valence-corrected chi connectivity index (χ1v) is 9.64. The Labute approximate surface area is 158 Å². The first kappa shape index (κ1) is 21.0. The Morgan fingerprint density at radius 2 is 1.81 bits per heavy atom. The summed E-state index contributed by atoms with van der Waals surface area (Å²) in [6.45, 7) is 9.34. The minimum Gasteiger partial charge on any atom is -0.444 e. The number of nitrogens with one attached hydrogen (secondary N) is 1. The van der Waals surface area contributed by atoms with Crippen LogP contribution in [0.15, 0.2) is 0 Å². The fourth-order valence-corrected chi connectivity index (χ4v) is 3.68. The molecule has 2 heterocycles. The molecule has 0 spiro atoms. The molecule has 0 unspecified atom stereocenters. The summed E-state index contributed by atoms with van der Waals surface area (Å²) in [5, 5.41) is 3.16. The Hall–Kier alpha value is -1.34. The second-order valence-electron chi connectivity index (χ2n) is 9.05. The van der Waals surface area contributed by atoms with Crippen LogP contribution in [-0.4, -0.2) is 91.7 Å². The summed E-state index contributed by atoms with van der Waals surface area (Å²) in [7, 11) is 6.33. The first-order chi connectivity index (χ1) is 12.0. The van der Waals surface area contributed by atoms with E-state index < -0.39 is 5.60 Å². The third-order valence-corrected chi connectivity index (χ3v) is 5.67. The topological polar surface area (TPSA) is 65.1 Å². The number of likely N-dealkylation sites (tertiary alicyclic amines) is 2. The van der Waals surface area contributed by atoms with Crippen LogP contribution in [0, 0.1) is 5.92 Å². The Balaban J connectivity index is 1.85. The van der Waals surface area contributed by atoms with Crippen molar-refractivity contribution in [1.82, 2.24) is 20.0 Å². The highest BCUT2D eigenvalue weighted by atomic mass is 16.6. The molecule has 1 atom stereocenters. The molecular weight excluding hydrogens is 332 g/mol. The third kappa shape index (κ3) is 5.33. The summed E-state index contributed by atoms with van der Waals surface area (Å²) in [5.41, 5.74) is -0.491. The summed E-state index contributed by atoms with van der Waals surface area (Å²) < 4.78 is 5.41. The quantitative estimate of drug-likeness (QED) is 0.812. The maximum absolute atomic E-state index is 12.7. The number of amides is 2. The zero-order valence-corrected chi connectivity index (χ0v) is 17.3. The van der Waals surface area contributed by atoms with E-state index in [1.54, 1.807) is 4.90 Å². The number of rotatable bonds is 4. The van der Waals surface area contributed by atoms with E-state index in [0.717, 1.165) is 25.9 Å². The van der Waals surface area contributed by atoms with Crippen molar-refractivity contribution in [3.05, 3.63) is 0 Å². The van der Waals surface area contributed by atoms with E-state index in [1.807, 2.05) is 20.8 Å². The van der Waals surface area contributed by atoms with E-state index >= 15 is 0 Å². The Morgan fingerprint density at radius 3 is 2.35 bits per heavy atom. The van der Waals surface area contributed by atoms with Crippen molar-refractivity contribution in [2.45, 2.75) is 51.2 Å². The molecule has 2 amide bonds. The minimum absolute atomic E-state index is 0.0195. The third-order valence-electron chi connectivity index (χ3n) is 5.67. The van der Waals surface area contributed by atoms with E-state index in [2.05, 4.69) is 36.3 Å². The monoisotopic (exact) mass is 368 g/mol. The number of hydrogen-bond donors (Lipinski definition) is 1. The van der Waals surface area contributed by atoms with Crippen molar-refractivity contribution < 1.29 is 14.3 Å². The largest absolute Gasteiger partial charge is 0.444 e. The van der Waals surface area contributed by atoms with Crippen molar-refractivity contribution >= 4 is 12.0 Å². The van der Waals surface area contributed by atoms with Crippen molar-refractivity contribution in [1.29, 1.82) is 0 Å². The zero-order valence-electron chi connectivity index (χ0n) is 17.3. The van der Waals surface area contributed by atoms with Gasteiger partial charge in [-0.1, -0.05) is 0 Å². The average molecular weight is 369 g/mol. The number of carbonyl (C=O) groups excluding carboxylic acids is 2. The Morgan fingerprint density at radius 1 is 1.19 bits per heavy atom. The standard InChI is InChI=1S/C19H36N4O3/c1-18(2,3)26-17(25)23-10-7-15(13-23)16(24)20-14-19(21(4)5)8-11-22(6)12-9-19/h15H,7-14H2,1-6H3,(H,20,24)/t15-/m1/s1. The van der Waals surface area contributed by atoms with Gasteiger partial charge in [-0.3, -0.25) is 4.79 Å². The van der Waals surface area contributed by atoms with E-state index in [1.165, 1.54) is 0 Å². The zero-order chi connectivity index (χ0) is 19.5. The van der Waals surface area contributed by atoms with Crippen molar-refractivity contribution in [2.75, 3.05) is 53.9 Å². The number of ether oxygens (including phenoxy) is 1. The fraction of sp³-hybridized carbons (Fsp3) is 0.895. The van der Waals surface area contributed by atoms with Crippen LogP contribution < -0.4 is 5.32 Å². The molecule has 0 aliphatic carbocycles. The lowest BCUT2D eigenvalue weighted by atomic mass is 9.86. The summed E-state index contributed by atoms with van der Waals surface area (Å²) >= 11 is 0. The molecule has 26 heavy (non-hydrogen) atoms. The highest BCUT2D eigenvalue weighted by Crippen LogP contribution is 2.26. The average Bonchev–Trinajstić information content (AvgIpc) is 3.03. The molecule has 0 aromatic heterocycles. The normalized spacial score (nSPS) is 24.0. The van der Waals surface area contributed by atoms with E-state index in [0.29, 0.717) is 26.1 Å². The van der Waals surface area contributed by atoms with Gasteiger partial charge in [-0.2, -0.15) is 0 Å². The van der Waals surface area contributed by atoms with Crippen molar-refractivity contribution in [3.63, 3.8) is 0 Å². The van der Waals surface area contributed by atoms with Gasteiger partial charge >= 0.3 is 6.09 Å². The molecule has 0 saturated carbocycles. The highest BCUT2D eigenvalue weighted by molar-refractivity contribution is 5.80. The summed E-state index contributed by atoms with van der Waals surface area (Å²) in [6.07, 6.45) is 2.47. The van der Waals surface area contributed by atoms with E-state index in [-0.39, 0.29) is 23.5 Å². The predicted octanol–water partition coefficient (Wildman–Crippen LogP) is 1.39. The van der Waals surface area contributed by atoms with Crippen LogP contribution >= 0.6 is 0 Å². The molecule has 0 bridgehead atoms. The molecule has 2 fully saturated rings. The molecule has 2 saturated heterocycles. The van der Waals surface area contributed by atoms with Gasteiger partial charge in [0.1, 0.15) is 5.60 Å². The number of carbonyl (C=O) groups is 2. The molecule has 0 aromatic carbocycles. The van der Waals surface area contributed by atoms with Crippen LogP contribution in [0.2, 0.25) is 0 Å². The minimum atomic E-state index is -0.510. The van der Waals surface area contributed by atoms with Crippen LogP contribution in [0.4, 0.5) is 4.79 Å². The highest BCUT2D eigenvalue weighted by Gasteiger charge is 2.38. The van der Waals surface area contributed by atoms with Gasteiger partial charge in [0.25, 0.3) is 0 Å². The molecule has 7 heteroatoms. The van der Waals surface area contributed by atoms with Crippen LogP contribution in [0.5, 0.6) is 0 Å². The molecule has 7 nitrogen and oxygen atoms in total. The second-order valence-corrected chi connectivity index (χ2v) is 9.05. The second kappa shape index (κ2) is 8.13. The van der Waals surface area contributed by atoms with Gasteiger partial charge in [0.05, 0.1) is 5.92 Å². The van der Waals surface area contributed by atoms with Crippen LogP contribution in [0.1, 0.15) is 40.0 Å². The maximum atomic E-state index is 12.7. The molecule has 1 N–H and O–H groups in total. The van der Waals surface area contributed by atoms with Crippen LogP contribution in [0.3, 0.4) is 0 Å². The lowest BCUT2D eigenvalue weighted by Gasteiger charge is -2.45. The SMILES string of the molecule is CN1CCC(CNC(=O)[C@@H]2CCN(C(=O)OC(C)(C)C)C2)(N(C)C)CC1. The van der Waals surface area contributed by atoms with Gasteiger partial charge in [0, 0.05) is 25.2 Å². The number of piperidine rings is 1. The number of hydrogen-bond acceptors (Lipinski definition) is 5. The summed E-state index contributed by atoms with van der Waals surface area (Å²) in [6, 6.07) is 0. The van der Waals surface area contributed by atoms with Gasteiger partial charge in [-0.05, 0) is 74.3 Å². The van der Waals surface area contributed by atoms with Gasteiger partial charge in [0.2, 0.25) is 5.91 Å². The maximum Gasteiger partial charge on any atom is 0.410 e. The lowest BCUT2D eigenvalue weighted by Crippen LogP contribution is -2.58. The van der Waals surface area contributed by atoms with Gasteiger partial charge in [-0.25, -0.2) is 4.79 Å². The molecule has 0 aromatic rings. The fourth-order valence-electron chi connectivity index (χ4n) is 3.68. The first-order valence-electron chi connectivity index (χ1n) is 9.64. The van der Waals surface area contributed by atoms with Crippen LogP contribution in [0.25, 0.3) is 0 Å². The van der Waals surface area contributed by atoms with Gasteiger partial charge in [0.15, 0.2) is 0 Å². The van der Waals surface area contributed by atoms with E-state index in [9.17, 15) is 9.59 Å². The number of nitrogens with zero attached hydrogens (tertiary/aromatic N) is 3. The molecule has 2 rings (SSSR count). The van der Waals surface area contributed by atoms with Crippen LogP contribution in [-0.2, 0) is 9.53 Å². The Bertz CT molecular complexity index is 507. The van der Waals surface area contributed by atoms with Gasteiger partial charge in [-0.15, -0.1) is 0 Å². The molecule has 0 radical (unpaired) electrons. The smallest absolute Gasteiger partial charge is 0.410 e. The van der Waals surface area contributed by atoms with Crippen molar-refractivity contribution in [3.8, 4) is 0 Å². The predicted molar refractivity (Wildman–Crippen MR) is 102 cm³/mol. The Kier molecular flexibility index (Phi) is 6.55. The van der Waals surface area contributed by atoms with E-state index in [4.69, 9.17) is 4.74 Å². The lowest BCUT2D eigenvalue weighted by molar-refractivity contribution is -0.125. The molecule has 150 valence electrons. The summed E-state index contributed by atoms with van der Waals surface area (Å²) in [4.78, 5) is 31.0. The van der Waals surface area contributed by atoms with Crippen molar-refractivity contribution in [2.24, 2.45) is 5.92 Å². The van der Waals surface area contributed by atoms with Gasteiger partial charge < -0.3 is 24.8 Å². The number of likely N-dealkylation sites (N-methyl/N-ethyl adjacent to an activating group) is 1. The summed E-state index contributed by atoms with van der Waals surface area (Å²) in [5.74, 6) is -0.0933. The molecule has 2 aliphatic rings.